The normalized spacial score (nSPS) is 10.8. The highest BCUT2D eigenvalue weighted by Crippen LogP contribution is 2.29. The van der Waals surface area contributed by atoms with Crippen molar-refractivity contribution in [1.29, 1.82) is 0 Å². The molecule has 0 N–H and O–H groups in total. The summed E-state index contributed by atoms with van der Waals surface area (Å²) in [6.07, 6.45) is 1.39. The number of esters is 1. The molecule has 2 aromatic heterocycles. The summed E-state index contributed by atoms with van der Waals surface area (Å²) in [5, 5.41) is 16.4. The van der Waals surface area contributed by atoms with Crippen molar-refractivity contribution in [2.75, 3.05) is 0 Å². The molecule has 4 aromatic rings. The zero-order valence-electron chi connectivity index (χ0n) is 17.5. The predicted molar refractivity (Wildman–Crippen MR) is 116 cm³/mol. The van der Waals surface area contributed by atoms with Crippen molar-refractivity contribution in [1.82, 2.24) is 14.8 Å². The van der Waals surface area contributed by atoms with Gasteiger partial charge in [-0.1, -0.05) is 23.8 Å². The van der Waals surface area contributed by atoms with Gasteiger partial charge in [0.2, 0.25) is 0 Å². The highest BCUT2D eigenvalue weighted by atomic mass is 16.6. The summed E-state index contributed by atoms with van der Waals surface area (Å²) in [6.45, 7) is 4.83. The van der Waals surface area contributed by atoms with E-state index in [0.29, 0.717) is 16.7 Å². The molecule has 2 aromatic carbocycles. The van der Waals surface area contributed by atoms with Crippen LogP contribution in [0.4, 0.5) is 5.69 Å². The van der Waals surface area contributed by atoms with Gasteiger partial charge in [0.1, 0.15) is 11.4 Å². The quantitative estimate of drug-likeness (QED) is 0.154. The van der Waals surface area contributed by atoms with E-state index in [2.05, 4.69) is 10.1 Å². The lowest BCUT2D eigenvalue weighted by molar-refractivity contribution is -0.384. The van der Waals surface area contributed by atoms with Gasteiger partial charge in [-0.2, -0.15) is 5.10 Å². The van der Waals surface area contributed by atoms with Gasteiger partial charge in [0.25, 0.3) is 5.69 Å². The number of hydrogen-bond donors (Lipinski definition) is 0. The van der Waals surface area contributed by atoms with E-state index in [4.69, 9.17) is 4.74 Å². The molecule has 0 aliphatic rings. The summed E-state index contributed by atoms with van der Waals surface area (Å²) < 4.78 is 6.59. The molecule has 0 saturated heterocycles. The van der Waals surface area contributed by atoms with Gasteiger partial charge >= 0.3 is 5.97 Å². The first-order valence-electron chi connectivity index (χ1n) is 9.69. The van der Waals surface area contributed by atoms with Gasteiger partial charge in [0.05, 0.1) is 16.2 Å². The number of nitrogens with zero attached hydrogens (tertiary/aromatic N) is 4. The van der Waals surface area contributed by atoms with E-state index in [1.165, 1.54) is 23.9 Å². The Morgan fingerprint density at radius 2 is 1.84 bits per heavy atom. The van der Waals surface area contributed by atoms with Gasteiger partial charge in [0, 0.05) is 30.1 Å². The van der Waals surface area contributed by atoms with Gasteiger partial charge in [0.15, 0.2) is 11.4 Å². The Balaban J connectivity index is 1.83. The van der Waals surface area contributed by atoms with Crippen molar-refractivity contribution in [2.45, 2.75) is 20.8 Å². The van der Waals surface area contributed by atoms with Crippen LogP contribution in [0.15, 0.2) is 54.7 Å². The Morgan fingerprint density at radius 1 is 1.09 bits per heavy atom. The van der Waals surface area contributed by atoms with Crippen LogP contribution in [0.1, 0.15) is 34.1 Å². The molecule has 0 aliphatic carbocycles. The maximum absolute atomic E-state index is 13.2. The van der Waals surface area contributed by atoms with Crippen LogP contribution in [0.3, 0.4) is 0 Å². The van der Waals surface area contributed by atoms with Crippen molar-refractivity contribution in [3.05, 3.63) is 87.2 Å². The third-order valence-electron chi connectivity index (χ3n) is 4.91. The van der Waals surface area contributed by atoms with Crippen LogP contribution in [0.2, 0.25) is 0 Å². The second-order valence-corrected chi connectivity index (χ2v) is 7.26. The van der Waals surface area contributed by atoms with Crippen LogP contribution in [-0.2, 0) is 4.79 Å². The number of para-hydroxylation sites is 2. The number of ketones is 1. The molecular weight excluding hydrogens is 412 g/mol. The molecular formula is C23H18N4O5. The Labute approximate surface area is 182 Å². The van der Waals surface area contributed by atoms with Crippen molar-refractivity contribution in [3.8, 4) is 11.4 Å². The first-order chi connectivity index (χ1) is 15.3. The fraction of sp³-hybridized carbons (Fsp3) is 0.130. The minimum atomic E-state index is -0.530. The molecule has 2 heterocycles. The molecule has 0 radical (unpaired) electrons. The lowest BCUT2D eigenvalue weighted by Gasteiger charge is -2.09. The Hall–Kier alpha value is -4.40. The lowest BCUT2D eigenvalue weighted by atomic mass is 10.0. The Morgan fingerprint density at radius 3 is 2.56 bits per heavy atom. The smallest absolute Gasteiger partial charge is 0.308 e. The number of nitro benzene ring substituents is 1. The summed E-state index contributed by atoms with van der Waals surface area (Å²) in [5.41, 5.74) is 2.47. The average molecular weight is 430 g/mol. The van der Waals surface area contributed by atoms with Crippen LogP contribution in [0.25, 0.3) is 16.7 Å². The molecule has 0 atom stereocenters. The number of carbonyl (C=O) groups excluding carboxylic acids is 2. The summed E-state index contributed by atoms with van der Waals surface area (Å²) in [5.74, 6) is -0.726. The van der Waals surface area contributed by atoms with Crippen molar-refractivity contribution in [3.63, 3.8) is 0 Å². The van der Waals surface area contributed by atoms with Crippen molar-refractivity contribution in [2.24, 2.45) is 0 Å². The van der Waals surface area contributed by atoms with E-state index in [1.54, 1.807) is 49.4 Å². The van der Waals surface area contributed by atoms with Crippen molar-refractivity contribution < 1.29 is 19.2 Å². The maximum Gasteiger partial charge on any atom is 0.308 e. The number of aromatic nitrogens is 3. The van der Waals surface area contributed by atoms with Gasteiger partial charge in [-0.05, 0) is 38.1 Å². The largest absolute Gasteiger partial charge is 0.426 e. The van der Waals surface area contributed by atoms with E-state index in [9.17, 15) is 19.7 Å². The highest BCUT2D eigenvalue weighted by molar-refractivity contribution is 6.12. The van der Waals surface area contributed by atoms with Gasteiger partial charge in [-0.25, -0.2) is 9.67 Å². The monoisotopic (exact) mass is 430 g/mol. The summed E-state index contributed by atoms with van der Waals surface area (Å²) in [4.78, 5) is 40.0. The van der Waals surface area contributed by atoms with E-state index in [-0.39, 0.29) is 34.0 Å². The molecule has 0 bridgehead atoms. The van der Waals surface area contributed by atoms with Gasteiger partial charge in [-0.15, -0.1) is 0 Å². The molecule has 0 saturated carbocycles. The minimum absolute atomic E-state index is 0.107. The third-order valence-corrected chi connectivity index (χ3v) is 4.91. The summed E-state index contributed by atoms with van der Waals surface area (Å²) in [7, 11) is 0. The molecule has 9 heteroatoms. The number of aryl methyl sites for hydroxylation is 2. The van der Waals surface area contributed by atoms with Crippen molar-refractivity contribution >= 4 is 28.5 Å². The van der Waals surface area contributed by atoms with Gasteiger partial charge in [-0.3, -0.25) is 19.7 Å². The number of hydrogen-bond acceptors (Lipinski definition) is 7. The zero-order chi connectivity index (χ0) is 23.0. The topological polar surface area (TPSA) is 117 Å². The first-order valence-corrected chi connectivity index (χ1v) is 9.69. The fourth-order valence-corrected chi connectivity index (χ4v) is 3.45. The summed E-state index contributed by atoms with van der Waals surface area (Å²) in [6, 6.07) is 12.8. The number of rotatable bonds is 5. The number of benzene rings is 2. The molecule has 32 heavy (non-hydrogen) atoms. The number of pyridine rings is 1. The van der Waals surface area contributed by atoms with Crippen LogP contribution in [0.5, 0.6) is 5.75 Å². The number of ether oxygens (including phenoxy) is 1. The molecule has 0 fully saturated rings. The number of nitro groups is 1. The van der Waals surface area contributed by atoms with Crippen LogP contribution >= 0.6 is 0 Å². The molecule has 160 valence electrons. The Kier molecular flexibility index (Phi) is 5.23. The SMILES string of the molecule is CC(=O)Oc1ccc(C)cc1C(=O)c1cnc2c(c1)c(C)nn2-c1ccccc1[N+](=O)[O-]. The van der Waals surface area contributed by atoms with Gasteiger partial charge < -0.3 is 4.74 Å². The molecule has 0 aliphatic heterocycles. The molecule has 4 rings (SSSR count). The maximum atomic E-state index is 13.2. The molecule has 9 nitrogen and oxygen atoms in total. The predicted octanol–water partition coefficient (Wildman–Crippen LogP) is 4.10. The first kappa shape index (κ1) is 20.9. The van der Waals surface area contributed by atoms with E-state index in [0.717, 1.165) is 5.56 Å². The van der Waals surface area contributed by atoms with Crippen LogP contribution in [0, 0.1) is 24.0 Å². The molecule has 0 amide bonds. The molecule has 0 spiro atoms. The van der Waals surface area contributed by atoms with E-state index >= 15 is 0 Å². The number of carbonyl (C=O) groups is 2. The lowest BCUT2D eigenvalue weighted by Crippen LogP contribution is -2.09. The third kappa shape index (κ3) is 3.71. The highest BCUT2D eigenvalue weighted by Gasteiger charge is 2.22. The Bertz CT molecular complexity index is 1410. The van der Waals surface area contributed by atoms with E-state index in [1.807, 2.05) is 6.92 Å². The second-order valence-electron chi connectivity index (χ2n) is 7.26. The zero-order valence-corrected chi connectivity index (χ0v) is 17.5. The number of fused-ring (bicyclic) bond motifs is 1. The minimum Gasteiger partial charge on any atom is -0.426 e. The van der Waals surface area contributed by atoms with E-state index < -0.39 is 10.9 Å². The second kappa shape index (κ2) is 8.03. The average Bonchev–Trinajstić information content (AvgIpc) is 3.10. The summed E-state index contributed by atoms with van der Waals surface area (Å²) >= 11 is 0. The van der Waals surface area contributed by atoms with Crippen LogP contribution < -0.4 is 4.74 Å². The molecule has 0 unspecified atom stereocenters. The standard InChI is InChI=1S/C23H18N4O5/c1-13-8-9-21(32-15(3)28)18(10-13)22(29)16-11-17-14(2)25-26(23(17)24-12-16)19-6-4-5-7-20(19)27(30)31/h4-12H,1-3H3. The van der Waals surface area contributed by atoms with Crippen LogP contribution in [-0.4, -0.2) is 31.4 Å². The fourth-order valence-electron chi connectivity index (χ4n) is 3.45.